The van der Waals surface area contributed by atoms with E-state index in [-0.39, 0.29) is 21.9 Å². The molecule has 6 nitrogen and oxygen atoms in total. The molecule has 1 amide bonds. The predicted octanol–water partition coefficient (Wildman–Crippen LogP) is 6.59. The van der Waals surface area contributed by atoms with Crippen LogP contribution in [0, 0.1) is 0 Å². The summed E-state index contributed by atoms with van der Waals surface area (Å²) in [5.41, 5.74) is 2.26. The second-order valence-electron chi connectivity index (χ2n) is 8.35. The van der Waals surface area contributed by atoms with Crippen molar-refractivity contribution in [2.45, 2.75) is 12.6 Å². The number of rotatable bonds is 6. The van der Waals surface area contributed by atoms with Crippen LogP contribution in [-0.4, -0.2) is 21.8 Å². The number of amides is 1. The van der Waals surface area contributed by atoms with Gasteiger partial charge < -0.3 is 9.84 Å². The Morgan fingerprint density at radius 2 is 1.68 bits per heavy atom. The number of hydrogen-bond donors (Lipinski definition) is 1. The monoisotopic (exact) mass is 530 g/mol. The maximum absolute atomic E-state index is 13.3. The second-order valence-corrected chi connectivity index (χ2v) is 9.17. The first-order chi connectivity index (χ1) is 17.9. The van der Waals surface area contributed by atoms with Crippen molar-refractivity contribution in [2.24, 2.45) is 0 Å². The molecule has 1 aromatic heterocycles. The molecule has 1 saturated heterocycles. The molecule has 8 heteroatoms. The summed E-state index contributed by atoms with van der Waals surface area (Å²) < 4.78 is 5.85. The molecule has 0 aliphatic carbocycles. The van der Waals surface area contributed by atoms with Gasteiger partial charge in [-0.3, -0.25) is 19.5 Å². The average molecular weight is 531 g/mol. The minimum absolute atomic E-state index is 0.0687. The van der Waals surface area contributed by atoms with Crippen LogP contribution >= 0.6 is 23.2 Å². The Hall–Kier alpha value is -4.13. The van der Waals surface area contributed by atoms with Gasteiger partial charge in [0.25, 0.3) is 11.7 Å². The van der Waals surface area contributed by atoms with Gasteiger partial charge in [0.15, 0.2) is 0 Å². The average Bonchev–Trinajstić information content (AvgIpc) is 3.20. The van der Waals surface area contributed by atoms with Crippen LogP contribution in [0.1, 0.15) is 22.7 Å². The van der Waals surface area contributed by atoms with Crippen molar-refractivity contribution in [3.8, 4) is 5.75 Å². The van der Waals surface area contributed by atoms with E-state index in [0.717, 1.165) is 5.56 Å². The highest BCUT2D eigenvalue weighted by molar-refractivity contribution is 6.51. The van der Waals surface area contributed by atoms with E-state index in [2.05, 4.69) is 4.98 Å². The van der Waals surface area contributed by atoms with Crippen molar-refractivity contribution >= 4 is 46.3 Å². The third-order valence-corrected chi connectivity index (χ3v) is 6.74. The molecule has 1 unspecified atom stereocenters. The van der Waals surface area contributed by atoms with Gasteiger partial charge in [-0.2, -0.15) is 0 Å². The topological polar surface area (TPSA) is 79.7 Å². The molecule has 5 rings (SSSR count). The van der Waals surface area contributed by atoms with Crippen LogP contribution in [-0.2, 0) is 16.2 Å². The molecule has 1 N–H and O–H groups in total. The second kappa shape index (κ2) is 10.5. The fourth-order valence-electron chi connectivity index (χ4n) is 4.19. The lowest BCUT2D eigenvalue weighted by atomic mass is 9.96. The molecule has 3 aromatic carbocycles. The summed E-state index contributed by atoms with van der Waals surface area (Å²) in [5.74, 6) is -1.33. The Balaban J connectivity index is 1.53. The van der Waals surface area contributed by atoms with Gasteiger partial charge in [0.1, 0.15) is 18.1 Å². The fourth-order valence-corrected chi connectivity index (χ4v) is 4.49. The number of anilines is 1. The van der Waals surface area contributed by atoms with E-state index in [1.807, 2.05) is 30.3 Å². The molecular weight excluding hydrogens is 511 g/mol. The van der Waals surface area contributed by atoms with Gasteiger partial charge in [-0.05, 0) is 59.7 Å². The van der Waals surface area contributed by atoms with Gasteiger partial charge in [0.05, 0.1) is 21.7 Å². The summed E-state index contributed by atoms with van der Waals surface area (Å²) in [5, 5.41) is 11.7. The summed E-state index contributed by atoms with van der Waals surface area (Å²) in [4.78, 5) is 32.0. The number of hydrogen-bond acceptors (Lipinski definition) is 5. The van der Waals surface area contributed by atoms with Crippen molar-refractivity contribution in [1.29, 1.82) is 0 Å². The van der Waals surface area contributed by atoms with Gasteiger partial charge in [-0.15, -0.1) is 0 Å². The Morgan fingerprint density at radius 3 is 2.35 bits per heavy atom. The Morgan fingerprint density at radius 1 is 0.919 bits per heavy atom. The molecule has 0 radical (unpaired) electrons. The first-order valence-electron chi connectivity index (χ1n) is 11.4. The molecule has 184 valence electrons. The molecule has 0 spiro atoms. The SMILES string of the molecule is O=C1C(=O)N(c2ccc(OCc3ccccc3)cc2)C(c2cccnc2)/C1=C(/O)c1ccc(Cl)c(Cl)c1. The molecule has 1 fully saturated rings. The number of ketones is 1. The summed E-state index contributed by atoms with van der Waals surface area (Å²) >= 11 is 12.2. The number of aliphatic hydroxyl groups is 1. The molecule has 0 bridgehead atoms. The van der Waals surface area contributed by atoms with Crippen molar-refractivity contribution in [1.82, 2.24) is 4.98 Å². The smallest absolute Gasteiger partial charge is 0.300 e. The molecule has 2 heterocycles. The zero-order valence-electron chi connectivity index (χ0n) is 19.3. The number of aliphatic hydroxyl groups excluding tert-OH is 1. The van der Waals surface area contributed by atoms with Gasteiger partial charge in [-0.1, -0.05) is 59.6 Å². The van der Waals surface area contributed by atoms with E-state index in [1.54, 1.807) is 48.8 Å². The number of carbonyl (C=O) groups excluding carboxylic acids is 2. The highest BCUT2D eigenvalue weighted by Crippen LogP contribution is 2.42. The van der Waals surface area contributed by atoms with Crippen LogP contribution in [0.5, 0.6) is 5.75 Å². The van der Waals surface area contributed by atoms with Gasteiger partial charge >= 0.3 is 0 Å². The third kappa shape index (κ3) is 4.94. The van der Waals surface area contributed by atoms with Crippen LogP contribution in [0.3, 0.4) is 0 Å². The summed E-state index contributed by atoms with van der Waals surface area (Å²) in [6, 6.07) is 23.7. The molecule has 1 atom stereocenters. The first-order valence-corrected chi connectivity index (χ1v) is 12.1. The van der Waals surface area contributed by atoms with E-state index >= 15 is 0 Å². The minimum atomic E-state index is -0.903. The highest BCUT2D eigenvalue weighted by Gasteiger charge is 2.47. The van der Waals surface area contributed by atoms with E-state index < -0.39 is 17.7 Å². The molecule has 1 aliphatic rings. The zero-order chi connectivity index (χ0) is 25.9. The Labute approximate surface area is 223 Å². The number of aromatic nitrogens is 1. The predicted molar refractivity (Wildman–Crippen MR) is 143 cm³/mol. The van der Waals surface area contributed by atoms with Crippen LogP contribution in [0.4, 0.5) is 5.69 Å². The van der Waals surface area contributed by atoms with Crippen LogP contribution < -0.4 is 9.64 Å². The van der Waals surface area contributed by atoms with E-state index in [9.17, 15) is 14.7 Å². The standard InChI is InChI=1S/C29H20Cl2N2O4/c30-23-13-8-19(15-24(23)31)27(34)25-26(20-7-4-14-32-16-20)33(29(36)28(25)35)21-9-11-22(12-10-21)37-17-18-5-2-1-3-6-18/h1-16,26,34H,17H2/b27-25-. The summed E-state index contributed by atoms with van der Waals surface area (Å²) in [6.07, 6.45) is 3.15. The van der Waals surface area contributed by atoms with E-state index in [1.165, 1.54) is 23.1 Å². The third-order valence-electron chi connectivity index (χ3n) is 6.00. The fraction of sp³-hybridized carbons (Fsp3) is 0.0690. The Kier molecular flexibility index (Phi) is 6.95. The Bertz CT molecular complexity index is 1490. The lowest BCUT2D eigenvalue weighted by Crippen LogP contribution is -2.29. The van der Waals surface area contributed by atoms with Gasteiger partial charge in [0, 0.05) is 23.6 Å². The number of carbonyl (C=O) groups is 2. The van der Waals surface area contributed by atoms with Crippen LogP contribution in [0.25, 0.3) is 5.76 Å². The molecule has 4 aromatic rings. The molecule has 37 heavy (non-hydrogen) atoms. The van der Waals surface area contributed by atoms with Crippen molar-refractivity contribution < 1.29 is 19.4 Å². The largest absolute Gasteiger partial charge is 0.507 e. The number of nitrogens with zero attached hydrogens (tertiary/aromatic N) is 2. The van der Waals surface area contributed by atoms with E-state index in [4.69, 9.17) is 27.9 Å². The van der Waals surface area contributed by atoms with Crippen LogP contribution in [0.15, 0.2) is 103 Å². The number of ether oxygens (including phenoxy) is 1. The van der Waals surface area contributed by atoms with Gasteiger partial charge in [-0.25, -0.2) is 0 Å². The van der Waals surface area contributed by atoms with Crippen molar-refractivity contribution in [2.75, 3.05) is 4.90 Å². The molecule has 1 aliphatic heterocycles. The van der Waals surface area contributed by atoms with Crippen LogP contribution in [0.2, 0.25) is 10.0 Å². The quantitative estimate of drug-likeness (QED) is 0.172. The minimum Gasteiger partial charge on any atom is -0.507 e. The lowest BCUT2D eigenvalue weighted by Gasteiger charge is -2.25. The van der Waals surface area contributed by atoms with Crippen molar-refractivity contribution in [3.63, 3.8) is 0 Å². The number of halogens is 2. The van der Waals surface area contributed by atoms with Crippen molar-refractivity contribution in [3.05, 3.63) is 130 Å². The maximum Gasteiger partial charge on any atom is 0.300 e. The number of benzene rings is 3. The normalized spacial score (nSPS) is 16.7. The summed E-state index contributed by atoms with van der Waals surface area (Å²) in [7, 11) is 0. The van der Waals surface area contributed by atoms with E-state index in [0.29, 0.717) is 28.6 Å². The number of Topliss-reactive ketones (excluding diaryl/α,β-unsaturated/α-hetero) is 1. The maximum atomic E-state index is 13.3. The lowest BCUT2D eigenvalue weighted by molar-refractivity contribution is -0.132. The summed E-state index contributed by atoms with van der Waals surface area (Å²) in [6.45, 7) is 0.393. The molecule has 0 saturated carbocycles. The first kappa shape index (κ1) is 24.6. The molecular formula is C29H20Cl2N2O4. The van der Waals surface area contributed by atoms with Gasteiger partial charge in [0.2, 0.25) is 0 Å². The highest BCUT2D eigenvalue weighted by atomic mass is 35.5. The number of pyridine rings is 1. The zero-order valence-corrected chi connectivity index (χ0v) is 20.9.